The van der Waals surface area contributed by atoms with Gasteiger partial charge in [0.1, 0.15) is 17.6 Å². The van der Waals surface area contributed by atoms with Crippen molar-refractivity contribution in [2.45, 2.75) is 37.8 Å². The highest BCUT2D eigenvalue weighted by Crippen LogP contribution is 2.29. The molecule has 5 rings (SSSR count). The van der Waals surface area contributed by atoms with E-state index < -0.39 is 0 Å². The van der Waals surface area contributed by atoms with Crippen LogP contribution in [0, 0.1) is 0 Å². The second-order valence-electron chi connectivity index (χ2n) is 9.03. The highest BCUT2D eigenvalue weighted by Gasteiger charge is 2.34. The van der Waals surface area contributed by atoms with Gasteiger partial charge in [-0.3, -0.25) is 4.79 Å². The SMILES string of the molecule is COc1cccc(Cc2nsc(N3CCCC3C(=O)NC(Cc3ccccc3)c3ccccc3)n2)c1. The maximum atomic E-state index is 13.6. The lowest BCUT2D eigenvalue weighted by Gasteiger charge is -2.26. The van der Waals surface area contributed by atoms with Crippen molar-refractivity contribution in [3.63, 3.8) is 0 Å². The molecule has 1 aliphatic rings. The van der Waals surface area contributed by atoms with Gasteiger partial charge >= 0.3 is 0 Å². The van der Waals surface area contributed by atoms with Gasteiger partial charge in [-0.25, -0.2) is 4.98 Å². The number of hydrogen-bond acceptors (Lipinski definition) is 6. The zero-order valence-corrected chi connectivity index (χ0v) is 21.2. The van der Waals surface area contributed by atoms with Gasteiger partial charge in [0, 0.05) is 24.5 Å². The summed E-state index contributed by atoms with van der Waals surface area (Å²) in [5.74, 6) is 1.63. The summed E-state index contributed by atoms with van der Waals surface area (Å²) < 4.78 is 9.92. The van der Waals surface area contributed by atoms with Crippen molar-refractivity contribution in [1.29, 1.82) is 0 Å². The highest BCUT2D eigenvalue weighted by atomic mass is 32.1. The Balaban J connectivity index is 1.30. The maximum Gasteiger partial charge on any atom is 0.243 e. The normalized spacial score (nSPS) is 16.0. The topological polar surface area (TPSA) is 67.3 Å². The number of carbonyl (C=O) groups excluding carboxylic acids is 1. The van der Waals surface area contributed by atoms with Crippen LogP contribution in [0.2, 0.25) is 0 Å². The third-order valence-corrected chi connectivity index (χ3v) is 7.35. The Labute approximate surface area is 216 Å². The lowest BCUT2D eigenvalue weighted by molar-refractivity contribution is -0.123. The molecule has 6 nitrogen and oxygen atoms in total. The van der Waals surface area contributed by atoms with E-state index in [0.29, 0.717) is 6.42 Å². The number of aromatic nitrogens is 2. The molecule has 184 valence electrons. The number of benzene rings is 3. The fraction of sp³-hybridized carbons (Fsp3) is 0.276. The fourth-order valence-electron chi connectivity index (χ4n) is 4.72. The van der Waals surface area contributed by atoms with E-state index in [2.05, 4.69) is 38.9 Å². The van der Waals surface area contributed by atoms with Crippen molar-refractivity contribution in [3.05, 3.63) is 107 Å². The summed E-state index contributed by atoms with van der Waals surface area (Å²) in [5, 5.41) is 4.15. The van der Waals surface area contributed by atoms with Gasteiger partial charge in [-0.15, -0.1) is 0 Å². The van der Waals surface area contributed by atoms with Crippen molar-refractivity contribution in [3.8, 4) is 5.75 Å². The molecule has 0 saturated carbocycles. The molecule has 1 aliphatic heterocycles. The molecule has 1 saturated heterocycles. The van der Waals surface area contributed by atoms with Gasteiger partial charge in [0.2, 0.25) is 11.0 Å². The lowest BCUT2D eigenvalue weighted by atomic mass is 9.98. The van der Waals surface area contributed by atoms with Gasteiger partial charge in [0.25, 0.3) is 0 Å². The van der Waals surface area contributed by atoms with Gasteiger partial charge in [-0.05, 0) is 48.1 Å². The maximum absolute atomic E-state index is 13.6. The fourth-order valence-corrected chi connectivity index (χ4v) is 5.48. The number of ether oxygens (including phenoxy) is 1. The van der Waals surface area contributed by atoms with Crippen molar-refractivity contribution in [1.82, 2.24) is 14.7 Å². The number of rotatable bonds is 9. The molecule has 1 fully saturated rings. The molecular weight excluding hydrogens is 468 g/mol. The molecule has 7 heteroatoms. The molecule has 1 aromatic heterocycles. The van der Waals surface area contributed by atoms with Crippen LogP contribution in [0.15, 0.2) is 84.9 Å². The summed E-state index contributed by atoms with van der Waals surface area (Å²) in [4.78, 5) is 20.5. The van der Waals surface area contributed by atoms with Gasteiger partial charge in [-0.2, -0.15) is 4.37 Å². The molecule has 2 unspecified atom stereocenters. The molecule has 4 aromatic rings. The summed E-state index contributed by atoms with van der Waals surface area (Å²) >= 11 is 1.37. The molecule has 2 atom stereocenters. The first-order valence-corrected chi connectivity index (χ1v) is 13.1. The summed E-state index contributed by atoms with van der Waals surface area (Å²) in [5.41, 5.74) is 3.40. The van der Waals surface area contributed by atoms with Crippen LogP contribution in [0.5, 0.6) is 5.75 Å². The van der Waals surface area contributed by atoms with Crippen LogP contribution in [0.3, 0.4) is 0 Å². The van der Waals surface area contributed by atoms with E-state index >= 15 is 0 Å². The Kier molecular flexibility index (Phi) is 7.57. The number of carbonyl (C=O) groups is 1. The van der Waals surface area contributed by atoms with Crippen LogP contribution < -0.4 is 15.0 Å². The molecular formula is C29H30N4O2S. The van der Waals surface area contributed by atoms with E-state index in [1.807, 2.05) is 60.7 Å². The quantitative estimate of drug-likeness (QED) is 0.343. The second kappa shape index (κ2) is 11.4. The van der Waals surface area contributed by atoms with Crippen molar-refractivity contribution in [2.24, 2.45) is 0 Å². The molecule has 3 aromatic carbocycles. The number of anilines is 1. The minimum Gasteiger partial charge on any atom is -0.497 e. The number of methoxy groups -OCH3 is 1. The largest absolute Gasteiger partial charge is 0.497 e. The Morgan fingerprint density at radius 1 is 1.06 bits per heavy atom. The van der Waals surface area contributed by atoms with Crippen LogP contribution in [-0.4, -0.2) is 35.0 Å². The molecule has 2 heterocycles. The summed E-state index contributed by atoms with van der Waals surface area (Å²) in [6, 6.07) is 28.1. The lowest BCUT2D eigenvalue weighted by Crippen LogP contribution is -2.45. The predicted molar refractivity (Wildman–Crippen MR) is 144 cm³/mol. The van der Waals surface area contributed by atoms with Gasteiger partial charge in [0.15, 0.2) is 0 Å². The van der Waals surface area contributed by atoms with Crippen molar-refractivity contribution in [2.75, 3.05) is 18.6 Å². The molecule has 0 radical (unpaired) electrons. The zero-order chi connectivity index (χ0) is 24.7. The molecule has 0 spiro atoms. The Bertz CT molecular complexity index is 1280. The first-order chi connectivity index (χ1) is 17.7. The third kappa shape index (κ3) is 5.74. The second-order valence-corrected chi connectivity index (χ2v) is 9.76. The van der Waals surface area contributed by atoms with Crippen LogP contribution in [0.25, 0.3) is 0 Å². The first kappa shape index (κ1) is 24.0. The van der Waals surface area contributed by atoms with E-state index in [9.17, 15) is 4.79 Å². The number of nitrogens with zero attached hydrogens (tertiary/aromatic N) is 3. The van der Waals surface area contributed by atoms with E-state index in [1.165, 1.54) is 17.1 Å². The van der Waals surface area contributed by atoms with E-state index in [1.54, 1.807) is 7.11 Å². The molecule has 0 aliphatic carbocycles. The molecule has 36 heavy (non-hydrogen) atoms. The highest BCUT2D eigenvalue weighted by molar-refractivity contribution is 7.09. The van der Waals surface area contributed by atoms with Gasteiger partial charge in [0.05, 0.1) is 13.2 Å². The minimum absolute atomic E-state index is 0.0434. The minimum atomic E-state index is -0.246. The first-order valence-electron chi connectivity index (χ1n) is 12.3. The number of hydrogen-bond donors (Lipinski definition) is 1. The summed E-state index contributed by atoms with van der Waals surface area (Å²) in [6.45, 7) is 0.806. The number of nitrogens with one attached hydrogen (secondary N) is 1. The molecule has 0 bridgehead atoms. The smallest absolute Gasteiger partial charge is 0.243 e. The van der Waals surface area contributed by atoms with E-state index in [-0.39, 0.29) is 18.0 Å². The zero-order valence-electron chi connectivity index (χ0n) is 20.3. The van der Waals surface area contributed by atoms with Crippen molar-refractivity contribution < 1.29 is 9.53 Å². The van der Waals surface area contributed by atoms with Crippen molar-refractivity contribution >= 4 is 22.6 Å². The Morgan fingerprint density at radius 3 is 2.58 bits per heavy atom. The average Bonchev–Trinajstić information content (AvgIpc) is 3.59. The Morgan fingerprint density at radius 2 is 1.81 bits per heavy atom. The average molecular weight is 499 g/mol. The molecule has 1 amide bonds. The van der Waals surface area contributed by atoms with E-state index in [4.69, 9.17) is 9.72 Å². The third-order valence-electron chi connectivity index (χ3n) is 6.56. The van der Waals surface area contributed by atoms with Crippen LogP contribution in [0.1, 0.15) is 41.4 Å². The standard InChI is InChI=1S/C29H30N4O2S/c1-35-24-15-8-12-22(18-24)20-27-31-29(36-32-27)33-17-9-16-26(33)28(34)30-25(23-13-6-3-7-14-23)19-21-10-4-2-5-11-21/h2-8,10-15,18,25-26H,9,16-17,19-20H2,1H3,(H,30,34). The van der Waals surface area contributed by atoms with Crippen LogP contribution in [-0.2, 0) is 17.6 Å². The summed E-state index contributed by atoms with van der Waals surface area (Å²) in [6.07, 6.45) is 3.14. The monoisotopic (exact) mass is 498 g/mol. The molecule has 1 N–H and O–H groups in total. The predicted octanol–water partition coefficient (Wildman–Crippen LogP) is 5.21. The van der Waals surface area contributed by atoms with Crippen LogP contribution >= 0.6 is 11.5 Å². The van der Waals surface area contributed by atoms with E-state index in [0.717, 1.165) is 53.6 Å². The van der Waals surface area contributed by atoms with Crippen LogP contribution in [0.4, 0.5) is 5.13 Å². The van der Waals surface area contributed by atoms with Gasteiger partial charge in [-0.1, -0.05) is 72.8 Å². The van der Waals surface area contributed by atoms with Gasteiger partial charge < -0.3 is 15.0 Å². The Hall–Kier alpha value is -3.71. The number of amides is 1. The summed E-state index contributed by atoms with van der Waals surface area (Å²) in [7, 11) is 1.67.